The van der Waals surface area contributed by atoms with E-state index in [1.54, 1.807) is 0 Å². The molecule has 2 rings (SSSR count). The molecule has 6 N–H and O–H groups in total. The van der Waals surface area contributed by atoms with Crippen molar-refractivity contribution in [3.8, 4) is 23.0 Å². The van der Waals surface area contributed by atoms with Gasteiger partial charge in [-0.2, -0.15) is 0 Å². The maximum absolute atomic E-state index is 12.1. The number of amides is 2. The van der Waals surface area contributed by atoms with E-state index in [0.717, 1.165) is 6.42 Å². The van der Waals surface area contributed by atoms with E-state index >= 15 is 0 Å². The van der Waals surface area contributed by atoms with Crippen LogP contribution in [0.25, 0.3) is 0 Å². The lowest BCUT2D eigenvalue weighted by Gasteiger charge is -2.15. The van der Waals surface area contributed by atoms with Crippen LogP contribution in [0.5, 0.6) is 23.0 Å². The maximum Gasteiger partial charge on any atom is 0.255 e. The second-order valence-corrected chi connectivity index (χ2v) is 6.47. The number of rotatable bonds is 8. The summed E-state index contributed by atoms with van der Waals surface area (Å²) in [5.41, 5.74) is 0.0107. The van der Waals surface area contributed by atoms with Gasteiger partial charge in [0.1, 0.15) is 0 Å². The van der Waals surface area contributed by atoms with Gasteiger partial charge in [0.15, 0.2) is 23.0 Å². The molecule has 0 aromatic heterocycles. The summed E-state index contributed by atoms with van der Waals surface area (Å²) in [7, 11) is 0. The predicted octanol–water partition coefficient (Wildman–Crippen LogP) is 2.23. The first-order valence-corrected chi connectivity index (χ1v) is 8.92. The average Bonchev–Trinajstić information content (AvgIpc) is 2.65. The minimum atomic E-state index is -0.478. The lowest BCUT2D eigenvalue weighted by atomic mass is 10.1. The molecule has 0 radical (unpaired) electrons. The van der Waals surface area contributed by atoms with E-state index < -0.39 is 23.3 Å². The summed E-state index contributed by atoms with van der Waals surface area (Å²) in [6.07, 6.45) is 2.03. The number of aromatic hydroxyl groups is 4. The van der Waals surface area contributed by atoms with Crippen LogP contribution < -0.4 is 10.6 Å². The van der Waals surface area contributed by atoms with Crippen LogP contribution in [-0.2, 0) is 0 Å². The second-order valence-electron chi connectivity index (χ2n) is 6.47. The van der Waals surface area contributed by atoms with Crippen LogP contribution in [-0.4, -0.2) is 44.8 Å². The Bertz CT molecular complexity index is 853. The minimum Gasteiger partial charge on any atom is -0.504 e. The number of carbonyl (C=O) groups is 2. The number of hydrogen-bond donors (Lipinski definition) is 6. The van der Waals surface area contributed by atoms with Gasteiger partial charge in [0.05, 0.1) is 11.1 Å². The first-order chi connectivity index (χ1) is 13.3. The Labute approximate surface area is 162 Å². The van der Waals surface area contributed by atoms with Crippen LogP contribution in [0.15, 0.2) is 36.4 Å². The summed E-state index contributed by atoms with van der Waals surface area (Å²) in [6, 6.07) is 8.20. The van der Waals surface area contributed by atoms with Crippen LogP contribution in [0.4, 0.5) is 0 Å². The molecule has 0 saturated carbocycles. The fraction of sp³-hybridized carbons (Fsp3) is 0.300. The number of para-hydroxylation sites is 2. The molecule has 28 heavy (non-hydrogen) atoms. The van der Waals surface area contributed by atoms with Crippen molar-refractivity contribution >= 4 is 11.8 Å². The SMILES string of the molecule is C[C@H](CCCCNC(=O)c1cccc(O)c1O)NC(=O)c1cccc(O)c1O. The summed E-state index contributed by atoms with van der Waals surface area (Å²) in [5, 5.41) is 43.7. The van der Waals surface area contributed by atoms with Crippen molar-refractivity contribution in [3.05, 3.63) is 47.5 Å². The van der Waals surface area contributed by atoms with Crippen molar-refractivity contribution in [2.24, 2.45) is 0 Å². The van der Waals surface area contributed by atoms with E-state index in [4.69, 9.17) is 0 Å². The van der Waals surface area contributed by atoms with Gasteiger partial charge in [-0.25, -0.2) is 0 Å². The van der Waals surface area contributed by atoms with Crippen molar-refractivity contribution in [2.45, 2.75) is 32.2 Å². The number of carbonyl (C=O) groups excluding carboxylic acids is 2. The highest BCUT2D eigenvalue weighted by atomic mass is 16.3. The summed E-state index contributed by atoms with van der Waals surface area (Å²) in [4.78, 5) is 24.1. The standard InChI is InChI=1S/C20H24N2O6/c1-12(22-20(28)14-8-5-10-16(24)18(14)26)6-2-3-11-21-19(27)13-7-4-9-15(23)17(13)25/h4-5,7-10,12,23-26H,2-3,6,11H2,1H3,(H,21,27)(H,22,28)/t12-/m1/s1. The first-order valence-electron chi connectivity index (χ1n) is 8.92. The molecule has 0 spiro atoms. The van der Waals surface area contributed by atoms with Gasteiger partial charge in [0, 0.05) is 12.6 Å². The molecule has 0 aliphatic carbocycles. The summed E-state index contributed by atoms with van der Waals surface area (Å²) in [6.45, 7) is 2.20. The third-order valence-electron chi connectivity index (χ3n) is 4.25. The number of unbranched alkanes of at least 4 members (excludes halogenated alkanes) is 1. The van der Waals surface area contributed by atoms with Gasteiger partial charge in [0.2, 0.25) is 0 Å². The van der Waals surface area contributed by atoms with E-state index in [-0.39, 0.29) is 28.7 Å². The zero-order valence-electron chi connectivity index (χ0n) is 15.5. The van der Waals surface area contributed by atoms with E-state index in [1.807, 2.05) is 6.92 Å². The quantitative estimate of drug-likeness (QED) is 0.303. The molecule has 2 aromatic carbocycles. The van der Waals surface area contributed by atoms with E-state index in [2.05, 4.69) is 10.6 Å². The van der Waals surface area contributed by atoms with E-state index in [0.29, 0.717) is 19.4 Å². The van der Waals surface area contributed by atoms with Gasteiger partial charge in [-0.05, 0) is 50.5 Å². The highest BCUT2D eigenvalue weighted by molar-refractivity contribution is 5.98. The molecule has 0 fully saturated rings. The Kier molecular flexibility index (Phi) is 7.08. The monoisotopic (exact) mass is 388 g/mol. The molecule has 0 aliphatic heterocycles. The highest BCUT2D eigenvalue weighted by Crippen LogP contribution is 2.28. The lowest BCUT2D eigenvalue weighted by molar-refractivity contribution is 0.0933. The number of hydrogen-bond acceptors (Lipinski definition) is 6. The lowest BCUT2D eigenvalue weighted by Crippen LogP contribution is -2.32. The summed E-state index contributed by atoms with van der Waals surface area (Å²) in [5.74, 6) is -2.57. The predicted molar refractivity (Wildman–Crippen MR) is 103 cm³/mol. The minimum absolute atomic E-state index is 0.00466. The van der Waals surface area contributed by atoms with Gasteiger partial charge in [-0.1, -0.05) is 12.1 Å². The Hall–Kier alpha value is -3.42. The van der Waals surface area contributed by atoms with Crippen molar-refractivity contribution in [1.29, 1.82) is 0 Å². The number of phenolic OH excluding ortho intramolecular Hbond substituents is 4. The first kappa shape index (κ1) is 20.9. The maximum atomic E-state index is 12.1. The molecule has 8 nitrogen and oxygen atoms in total. The van der Waals surface area contributed by atoms with Crippen LogP contribution in [0, 0.1) is 0 Å². The van der Waals surface area contributed by atoms with Crippen LogP contribution in [0.2, 0.25) is 0 Å². The number of benzene rings is 2. The Morgan fingerprint density at radius 3 is 1.96 bits per heavy atom. The topological polar surface area (TPSA) is 139 Å². The third-order valence-corrected chi connectivity index (χ3v) is 4.25. The average molecular weight is 388 g/mol. The Balaban J connectivity index is 1.72. The van der Waals surface area contributed by atoms with Gasteiger partial charge in [-0.15, -0.1) is 0 Å². The van der Waals surface area contributed by atoms with Crippen molar-refractivity contribution < 1.29 is 30.0 Å². The van der Waals surface area contributed by atoms with Crippen molar-refractivity contribution in [1.82, 2.24) is 10.6 Å². The van der Waals surface area contributed by atoms with E-state index in [9.17, 15) is 30.0 Å². The fourth-order valence-corrected chi connectivity index (χ4v) is 2.68. The smallest absolute Gasteiger partial charge is 0.255 e. The molecule has 0 heterocycles. The Morgan fingerprint density at radius 2 is 1.39 bits per heavy atom. The van der Waals surface area contributed by atoms with Gasteiger partial charge < -0.3 is 31.1 Å². The zero-order valence-corrected chi connectivity index (χ0v) is 15.5. The van der Waals surface area contributed by atoms with Crippen LogP contribution in [0.1, 0.15) is 46.9 Å². The summed E-state index contributed by atoms with van der Waals surface area (Å²) >= 11 is 0. The largest absolute Gasteiger partial charge is 0.504 e. The third kappa shape index (κ3) is 5.29. The molecule has 2 aromatic rings. The molecular formula is C20H24N2O6. The van der Waals surface area contributed by atoms with Crippen molar-refractivity contribution in [3.63, 3.8) is 0 Å². The van der Waals surface area contributed by atoms with Gasteiger partial charge in [-0.3, -0.25) is 9.59 Å². The molecule has 0 aliphatic rings. The van der Waals surface area contributed by atoms with Gasteiger partial charge in [0.25, 0.3) is 11.8 Å². The summed E-state index contributed by atoms with van der Waals surface area (Å²) < 4.78 is 0. The second kappa shape index (κ2) is 9.50. The molecule has 0 saturated heterocycles. The molecule has 0 unspecified atom stereocenters. The molecule has 2 amide bonds. The Morgan fingerprint density at radius 1 is 0.857 bits per heavy atom. The number of phenols is 4. The van der Waals surface area contributed by atoms with Crippen LogP contribution >= 0.6 is 0 Å². The molecule has 8 heteroatoms. The normalized spacial score (nSPS) is 11.6. The molecular weight excluding hydrogens is 364 g/mol. The van der Waals surface area contributed by atoms with Crippen molar-refractivity contribution in [2.75, 3.05) is 6.54 Å². The molecule has 0 bridgehead atoms. The van der Waals surface area contributed by atoms with Crippen LogP contribution in [0.3, 0.4) is 0 Å². The van der Waals surface area contributed by atoms with Gasteiger partial charge >= 0.3 is 0 Å². The molecule has 1 atom stereocenters. The number of nitrogens with one attached hydrogen (secondary N) is 2. The van der Waals surface area contributed by atoms with E-state index in [1.165, 1.54) is 36.4 Å². The fourth-order valence-electron chi connectivity index (χ4n) is 2.68. The zero-order chi connectivity index (χ0) is 20.7. The molecule has 150 valence electrons. The highest BCUT2D eigenvalue weighted by Gasteiger charge is 2.16.